The van der Waals surface area contributed by atoms with Crippen LogP contribution in [0.3, 0.4) is 0 Å². The van der Waals surface area contributed by atoms with Crippen LogP contribution in [0.25, 0.3) is 0 Å². The van der Waals surface area contributed by atoms with Gasteiger partial charge in [0.2, 0.25) is 0 Å². The summed E-state index contributed by atoms with van der Waals surface area (Å²) in [6.45, 7) is 0. The van der Waals surface area contributed by atoms with Crippen LogP contribution in [0.5, 0.6) is 0 Å². The first kappa shape index (κ1) is 15.6. The SMILES string of the molecule is OC(CCS)C(O)c1cc(Cl)ncc1C(F)(F)F. The van der Waals surface area contributed by atoms with Crippen molar-refractivity contribution in [2.75, 3.05) is 5.75 Å². The Bertz CT molecular complexity index is 417. The quantitative estimate of drug-likeness (QED) is 0.591. The number of aliphatic hydroxyl groups excluding tert-OH is 2. The lowest BCUT2D eigenvalue weighted by atomic mass is 9.99. The van der Waals surface area contributed by atoms with Crippen molar-refractivity contribution >= 4 is 24.2 Å². The predicted octanol–water partition coefficient (Wildman–Crippen LogP) is 2.47. The lowest BCUT2D eigenvalue weighted by Gasteiger charge is -2.21. The number of pyridine rings is 1. The second kappa shape index (κ2) is 6.10. The van der Waals surface area contributed by atoms with Crippen LogP contribution in [0.1, 0.15) is 23.7 Å². The summed E-state index contributed by atoms with van der Waals surface area (Å²) < 4.78 is 38.1. The zero-order valence-corrected chi connectivity index (χ0v) is 10.7. The van der Waals surface area contributed by atoms with E-state index in [2.05, 4.69) is 17.6 Å². The number of aromatic nitrogens is 1. The third kappa shape index (κ3) is 3.74. The number of nitrogens with zero attached hydrogens (tertiary/aromatic N) is 1. The summed E-state index contributed by atoms with van der Waals surface area (Å²) in [4.78, 5) is 3.33. The minimum absolute atomic E-state index is 0.0571. The normalized spacial score (nSPS) is 15.5. The van der Waals surface area contributed by atoms with Gasteiger partial charge < -0.3 is 10.2 Å². The van der Waals surface area contributed by atoms with Crippen molar-refractivity contribution in [1.29, 1.82) is 0 Å². The summed E-state index contributed by atoms with van der Waals surface area (Å²) >= 11 is 9.34. The van der Waals surface area contributed by atoms with Crippen molar-refractivity contribution < 1.29 is 23.4 Å². The Morgan fingerprint density at radius 3 is 2.50 bits per heavy atom. The van der Waals surface area contributed by atoms with Gasteiger partial charge in [-0.1, -0.05) is 11.6 Å². The van der Waals surface area contributed by atoms with Gasteiger partial charge in [-0.15, -0.1) is 0 Å². The van der Waals surface area contributed by atoms with Gasteiger partial charge in [0.25, 0.3) is 0 Å². The molecular weight excluding hydrogens is 291 g/mol. The molecule has 2 unspecified atom stereocenters. The van der Waals surface area contributed by atoms with Crippen LogP contribution in [-0.2, 0) is 6.18 Å². The second-order valence-electron chi connectivity index (χ2n) is 3.62. The fraction of sp³-hybridized carbons (Fsp3) is 0.500. The molecular formula is C10H11ClF3NO2S. The monoisotopic (exact) mass is 301 g/mol. The summed E-state index contributed by atoms with van der Waals surface area (Å²) in [6, 6.07) is 0.900. The van der Waals surface area contributed by atoms with Crippen molar-refractivity contribution in [3.05, 3.63) is 28.5 Å². The Labute approximate surface area is 112 Å². The summed E-state index contributed by atoms with van der Waals surface area (Å²) in [7, 11) is 0. The molecule has 0 saturated carbocycles. The number of hydrogen-bond donors (Lipinski definition) is 3. The molecule has 0 amide bonds. The highest BCUT2D eigenvalue weighted by Crippen LogP contribution is 2.36. The average molecular weight is 302 g/mol. The lowest BCUT2D eigenvalue weighted by molar-refractivity contribution is -0.140. The highest BCUT2D eigenvalue weighted by atomic mass is 35.5. The van der Waals surface area contributed by atoms with E-state index in [1.807, 2.05) is 0 Å². The molecule has 1 rings (SSSR count). The van der Waals surface area contributed by atoms with Crippen LogP contribution in [0, 0.1) is 0 Å². The molecule has 0 aromatic carbocycles. The number of rotatable bonds is 4. The molecule has 0 aliphatic carbocycles. The first-order chi connectivity index (χ1) is 8.27. The predicted molar refractivity (Wildman–Crippen MR) is 63.7 cm³/mol. The Morgan fingerprint density at radius 1 is 1.39 bits per heavy atom. The molecule has 1 aromatic rings. The van der Waals surface area contributed by atoms with E-state index in [1.165, 1.54) is 0 Å². The van der Waals surface area contributed by atoms with Crippen molar-refractivity contribution in [1.82, 2.24) is 4.98 Å². The Morgan fingerprint density at radius 2 is 2.00 bits per heavy atom. The Balaban J connectivity index is 3.17. The van der Waals surface area contributed by atoms with Crippen LogP contribution >= 0.6 is 24.2 Å². The van der Waals surface area contributed by atoms with E-state index in [-0.39, 0.29) is 17.3 Å². The van der Waals surface area contributed by atoms with E-state index in [1.54, 1.807) is 0 Å². The number of thiol groups is 1. The van der Waals surface area contributed by atoms with Gasteiger partial charge in [0.1, 0.15) is 11.3 Å². The Hall–Kier alpha value is -0.500. The van der Waals surface area contributed by atoms with Gasteiger partial charge in [-0.25, -0.2) is 4.98 Å². The molecule has 102 valence electrons. The van der Waals surface area contributed by atoms with Crippen LogP contribution in [0.4, 0.5) is 13.2 Å². The molecule has 0 aliphatic rings. The molecule has 8 heteroatoms. The summed E-state index contributed by atoms with van der Waals surface area (Å²) in [5.74, 6) is 0.235. The van der Waals surface area contributed by atoms with Gasteiger partial charge >= 0.3 is 6.18 Å². The smallest absolute Gasteiger partial charge is 0.390 e. The minimum Gasteiger partial charge on any atom is -0.390 e. The van der Waals surface area contributed by atoms with Crippen molar-refractivity contribution in [3.63, 3.8) is 0 Å². The minimum atomic E-state index is -4.67. The van der Waals surface area contributed by atoms with Crippen LogP contribution in [0.15, 0.2) is 12.3 Å². The fourth-order valence-corrected chi connectivity index (χ4v) is 1.85. The molecule has 1 aromatic heterocycles. The van der Waals surface area contributed by atoms with E-state index in [4.69, 9.17) is 11.6 Å². The number of halogens is 4. The number of alkyl halides is 3. The van der Waals surface area contributed by atoms with Crippen molar-refractivity contribution in [3.8, 4) is 0 Å². The molecule has 0 fully saturated rings. The molecule has 2 atom stereocenters. The van der Waals surface area contributed by atoms with E-state index < -0.39 is 29.5 Å². The number of hydrogen-bond acceptors (Lipinski definition) is 4. The largest absolute Gasteiger partial charge is 0.418 e. The van der Waals surface area contributed by atoms with Crippen molar-refractivity contribution in [2.24, 2.45) is 0 Å². The van der Waals surface area contributed by atoms with Crippen LogP contribution in [0.2, 0.25) is 5.15 Å². The van der Waals surface area contributed by atoms with Gasteiger partial charge in [0.05, 0.1) is 11.7 Å². The summed E-state index contributed by atoms with van der Waals surface area (Å²) in [6.07, 6.45) is -7.11. The molecule has 0 radical (unpaired) electrons. The molecule has 2 N–H and O–H groups in total. The van der Waals surface area contributed by atoms with E-state index in [0.717, 1.165) is 6.07 Å². The third-order valence-corrected chi connectivity index (χ3v) is 2.78. The first-order valence-electron chi connectivity index (χ1n) is 4.97. The zero-order chi connectivity index (χ0) is 13.9. The summed E-state index contributed by atoms with van der Waals surface area (Å²) in [5.41, 5.74) is -1.60. The molecule has 0 saturated heterocycles. The summed E-state index contributed by atoms with van der Waals surface area (Å²) in [5, 5.41) is 19.1. The topological polar surface area (TPSA) is 53.4 Å². The zero-order valence-electron chi connectivity index (χ0n) is 9.02. The maximum absolute atomic E-state index is 12.7. The maximum Gasteiger partial charge on any atom is 0.418 e. The van der Waals surface area contributed by atoms with E-state index in [9.17, 15) is 23.4 Å². The molecule has 3 nitrogen and oxygen atoms in total. The standard InChI is InChI=1S/C10H11ClF3NO2S/c11-8-3-5(9(17)7(16)1-2-18)6(4-15-8)10(12,13)14/h3-4,7,9,16-18H,1-2H2. The molecule has 0 spiro atoms. The second-order valence-corrected chi connectivity index (χ2v) is 4.45. The van der Waals surface area contributed by atoms with Crippen LogP contribution < -0.4 is 0 Å². The molecule has 0 aliphatic heterocycles. The highest BCUT2D eigenvalue weighted by molar-refractivity contribution is 7.80. The van der Waals surface area contributed by atoms with E-state index >= 15 is 0 Å². The third-order valence-electron chi connectivity index (χ3n) is 2.32. The van der Waals surface area contributed by atoms with Gasteiger partial charge in [-0.05, 0) is 23.8 Å². The van der Waals surface area contributed by atoms with Gasteiger partial charge in [-0.2, -0.15) is 25.8 Å². The molecule has 0 bridgehead atoms. The van der Waals surface area contributed by atoms with Gasteiger partial charge in [-0.3, -0.25) is 0 Å². The van der Waals surface area contributed by atoms with Gasteiger partial charge in [0.15, 0.2) is 0 Å². The fourth-order valence-electron chi connectivity index (χ4n) is 1.42. The van der Waals surface area contributed by atoms with Gasteiger partial charge in [0, 0.05) is 6.20 Å². The highest BCUT2D eigenvalue weighted by Gasteiger charge is 2.37. The average Bonchev–Trinajstić information content (AvgIpc) is 2.26. The molecule has 18 heavy (non-hydrogen) atoms. The Kier molecular flexibility index (Phi) is 5.27. The lowest BCUT2D eigenvalue weighted by Crippen LogP contribution is -2.22. The number of aliphatic hydroxyl groups is 2. The molecule has 1 heterocycles. The van der Waals surface area contributed by atoms with Crippen molar-refractivity contribution in [2.45, 2.75) is 24.8 Å². The van der Waals surface area contributed by atoms with Crippen LogP contribution in [-0.4, -0.2) is 27.1 Å². The maximum atomic E-state index is 12.7. The van der Waals surface area contributed by atoms with E-state index in [0.29, 0.717) is 6.20 Å². The first-order valence-corrected chi connectivity index (χ1v) is 5.98.